The molecule has 0 atom stereocenters. The molecule has 188 valence electrons. The van der Waals surface area contributed by atoms with Gasteiger partial charge in [-0.2, -0.15) is 0 Å². The second-order valence-electron chi connectivity index (χ2n) is 9.03. The summed E-state index contributed by atoms with van der Waals surface area (Å²) in [6.45, 7) is 2.69. The number of carbonyl (C=O) groups is 1. The highest BCUT2D eigenvalue weighted by Crippen LogP contribution is 2.31. The summed E-state index contributed by atoms with van der Waals surface area (Å²) in [4.78, 5) is 12.7. The predicted molar refractivity (Wildman–Crippen MR) is 143 cm³/mol. The summed E-state index contributed by atoms with van der Waals surface area (Å²) in [7, 11) is -3.66. The van der Waals surface area contributed by atoms with Crippen LogP contribution in [0.3, 0.4) is 0 Å². The lowest BCUT2D eigenvalue weighted by Crippen LogP contribution is -2.32. The fourth-order valence-corrected chi connectivity index (χ4v) is 6.54. The van der Waals surface area contributed by atoms with E-state index in [0.29, 0.717) is 5.69 Å². The summed E-state index contributed by atoms with van der Waals surface area (Å²) >= 11 is 6.28. The molecule has 1 amide bonds. The highest BCUT2D eigenvalue weighted by molar-refractivity contribution is 7.89. The number of hydrogen-bond acceptors (Lipinski definition) is 4. The Kier molecular flexibility index (Phi) is 6.92. The van der Waals surface area contributed by atoms with E-state index in [4.69, 9.17) is 16.3 Å². The van der Waals surface area contributed by atoms with Crippen LogP contribution in [0.15, 0.2) is 65.6 Å². The van der Waals surface area contributed by atoms with Crippen LogP contribution in [0.1, 0.15) is 32.6 Å². The summed E-state index contributed by atoms with van der Waals surface area (Å²) in [6, 6.07) is 18.3. The molecule has 1 heterocycles. The maximum atomic E-state index is 12.6. The largest absolute Gasteiger partial charge is 0.482 e. The zero-order valence-corrected chi connectivity index (χ0v) is 21.5. The van der Waals surface area contributed by atoms with Crippen LogP contribution in [0.4, 0.5) is 5.69 Å². The second-order valence-corrected chi connectivity index (χ2v) is 11.1. The Morgan fingerprint density at radius 3 is 2.53 bits per heavy atom. The van der Waals surface area contributed by atoms with E-state index in [1.165, 1.54) is 18.2 Å². The van der Waals surface area contributed by atoms with E-state index in [1.54, 1.807) is 0 Å². The van der Waals surface area contributed by atoms with Crippen LogP contribution >= 0.6 is 11.6 Å². The van der Waals surface area contributed by atoms with Crippen molar-refractivity contribution in [3.8, 4) is 5.75 Å². The van der Waals surface area contributed by atoms with E-state index in [-0.39, 0.29) is 34.2 Å². The quantitative estimate of drug-likeness (QED) is 0.308. The van der Waals surface area contributed by atoms with Crippen LogP contribution in [0.2, 0.25) is 5.02 Å². The third-order valence-electron chi connectivity index (χ3n) is 6.62. The van der Waals surface area contributed by atoms with Crippen molar-refractivity contribution >= 4 is 55.0 Å². The van der Waals surface area contributed by atoms with E-state index in [9.17, 15) is 13.2 Å². The van der Waals surface area contributed by atoms with Gasteiger partial charge in [-0.3, -0.25) is 4.79 Å². The molecular weight excluding hydrogens is 498 g/mol. The average Bonchev–Trinajstić information content (AvgIpc) is 3.48. The SMILES string of the molecule is CCn1c2ccccc2c2cc(NC(=O)COc3ccc(S(=O)(=O)NC4CCCC4)cc3Cl)ccc21. The van der Waals surface area contributed by atoms with Gasteiger partial charge in [0.2, 0.25) is 10.0 Å². The fourth-order valence-electron chi connectivity index (χ4n) is 4.91. The van der Waals surface area contributed by atoms with Crippen LogP contribution in [-0.2, 0) is 21.4 Å². The maximum Gasteiger partial charge on any atom is 0.262 e. The molecule has 0 spiro atoms. The minimum Gasteiger partial charge on any atom is -0.482 e. The number of aromatic nitrogens is 1. The summed E-state index contributed by atoms with van der Waals surface area (Å²) < 4.78 is 35.8. The number of amides is 1. The van der Waals surface area contributed by atoms with Crippen LogP contribution in [-0.4, -0.2) is 31.5 Å². The summed E-state index contributed by atoms with van der Waals surface area (Å²) in [5.41, 5.74) is 2.93. The maximum absolute atomic E-state index is 12.6. The van der Waals surface area contributed by atoms with Gasteiger partial charge in [-0.1, -0.05) is 42.6 Å². The number of ether oxygens (including phenoxy) is 1. The lowest BCUT2D eigenvalue weighted by atomic mass is 10.1. The first kappa shape index (κ1) is 24.6. The Bertz CT molecular complexity index is 1540. The van der Waals surface area contributed by atoms with Crippen molar-refractivity contribution in [2.75, 3.05) is 11.9 Å². The van der Waals surface area contributed by atoms with Crippen molar-refractivity contribution in [2.45, 2.75) is 50.1 Å². The first-order valence-corrected chi connectivity index (χ1v) is 14.0. The number of anilines is 1. The number of halogens is 1. The van der Waals surface area contributed by atoms with Crippen molar-refractivity contribution in [3.63, 3.8) is 0 Å². The van der Waals surface area contributed by atoms with E-state index < -0.39 is 10.0 Å². The van der Waals surface area contributed by atoms with Crippen molar-refractivity contribution in [2.24, 2.45) is 0 Å². The molecule has 1 saturated carbocycles. The van der Waals surface area contributed by atoms with E-state index >= 15 is 0 Å². The number of nitrogens with one attached hydrogen (secondary N) is 2. The lowest BCUT2D eigenvalue weighted by molar-refractivity contribution is -0.118. The molecule has 9 heteroatoms. The molecule has 5 rings (SSSR count). The second kappa shape index (κ2) is 10.1. The van der Waals surface area contributed by atoms with Gasteiger partial charge >= 0.3 is 0 Å². The Hall–Kier alpha value is -3.07. The average molecular weight is 526 g/mol. The van der Waals surface area contributed by atoms with Gasteiger partial charge in [0, 0.05) is 40.1 Å². The van der Waals surface area contributed by atoms with Gasteiger partial charge in [0.25, 0.3) is 5.91 Å². The Morgan fingerprint density at radius 2 is 1.78 bits per heavy atom. The Morgan fingerprint density at radius 1 is 1.03 bits per heavy atom. The van der Waals surface area contributed by atoms with Crippen molar-refractivity contribution < 1.29 is 17.9 Å². The minimum atomic E-state index is -3.66. The van der Waals surface area contributed by atoms with E-state index in [0.717, 1.165) is 54.0 Å². The van der Waals surface area contributed by atoms with Crippen LogP contribution in [0.5, 0.6) is 5.75 Å². The molecule has 1 aromatic heterocycles. The number of aryl methyl sites for hydroxylation is 1. The normalized spacial score (nSPS) is 14.5. The smallest absolute Gasteiger partial charge is 0.262 e. The third kappa shape index (κ3) is 4.93. The number of hydrogen-bond donors (Lipinski definition) is 2. The number of rotatable bonds is 8. The van der Waals surface area contributed by atoms with Crippen molar-refractivity contribution in [1.29, 1.82) is 0 Å². The van der Waals surface area contributed by atoms with Crippen molar-refractivity contribution in [3.05, 3.63) is 65.7 Å². The molecule has 36 heavy (non-hydrogen) atoms. The zero-order chi connectivity index (χ0) is 25.3. The standard InChI is InChI=1S/C27H28ClN3O4S/c1-2-31-24-10-6-5-9-21(24)22-15-19(11-13-25(22)31)29-27(32)17-35-26-14-12-20(16-23(26)28)36(33,34)30-18-7-3-4-8-18/h5-6,9-16,18,30H,2-4,7-8,17H2,1H3,(H,29,32). The minimum absolute atomic E-state index is 0.0360. The highest BCUT2D eigenvalue weighted by Gasteiger charge is 2.23. The molecule has 0 bridgehead atoms. The molecule has 0 saturated heterocycles. The number of nitrogens with zero attached hydrogens (tertiary/aromatic N) is 1. The third-order valence-corrected chi connectivity index (χ3v) is 8.44. The summed E-state index contributed by atoms with van der Waals surface area (Å²) in [6.07, 6.45) is 3.74. The molecule has 0 radical (unpaired) electrons. The van der Waals surface area contributed by atoms with Gasteiger partial charge in [-0.15, -0.1) is 0 Å². The number of sulfonamides is 1. The topological polar surface area (TPSA) is 89.4 Å². The molecule has 4 aromatic rings. The van der Waals surface area contributed by atoms with E-state index in [1.807, 2.05) is 30.3 Å². The number of benzene rings is 3. The van der Waals surface area contributed by atoms with Gasteiger partial charge in [0.15, 0.2) is 6.61 Å². The molecular formula is C27H28ClN3O4S. The van der Waals surface area contributed by atoms with E-state index in [2.05, 4.69) is 33.7 Å². The van der Waals surface area contributed by atoms with Crippen LogP contribution in [0.25, 0.3) is 21.8 Å². The van der Waals surface area contributed by atoms with Gasteiger partial charge in [-0.25, -0.2) is 13.1 Å². The first-order chi connectivity index (χ1) is 17.4. The Labute approximate surface area is 215 Å². The molecule has 1 aliphatic rings. The molecule has 2 N–H and O–H groups in total. The molecule has 7 nitrogen and oxygen atoms in total. The molecule has 0 unspecified atom stereocenters. The molecule has 3 aromatic carbocycles. The molecule has 1 aliphatic carbocycles. The lowest BCUT2D eigenvalue weighted by Gasteiger charge is -2.14. The highest BCUT2D eigenvalue weighted by atomic mass is 35.5. The monoisotopic (exact) mass is 525 g/mol. The van der Waals surface area contributed by atoms with Gasteiger partial charge < -0.3 is 14.6 Å². The number of para-hydroxylation sites is 1. The fraction of sp³-hybridized carbons (Fsp3) is 0.296. The number of fused-ring (bicyclic) bond motifs is 3. The predicted octanol–water partition coefficient (Wildman–Crippen LogP) is 5.71. The first-order valence-electron chi connectivity index (χ1n) is 12.1. The van der Waals surface area contributed by atoms with Gasteiger partial charge in [0.1, 0.15) is 5.75 Å². The van der Waals surface area contributed by atoms with Gasteiger partial charge in [0.05, 0.1) is 9.92 Å². The van der Waals surface area contributed by atoms with Crippen LogP contribution in [0, 0.1) is 0 Å². The number of carbonyl (C=O) groups excluding carboxylic acids is 1. The van der Waals surface area contributed by atoms with Crippen molar-refractivity contribution in [1.82, 2.24) is 9.29 Å². The summed E-state index contributed by atoms with van der Waals surface area (Å²) in [5, 5.41) is 5.20. The van der Waals surface area contributed by atoms with Gasteiger partial charge in [-0.05, 0) is 62.2 Å². The van der Waals surface area contributed by atoms with Crippen LogP contribution < -0.4 is 14.8 Å². The molecule has 0 aliphatic heterocycles. The molecule has 1 fully saturated rings. The summed E-state index contributed by atoms with van der Waals surface area (Å²) in [5.74, 6) is -0.0997. The Balaban J connectivity index is 1.25. The zero-order valence-electron chi connectivity index (χ0n) is 20.0.